The Labute approximate surface area is 165 Å². The van der Waals surface area contributed by atoms with Crippen molar-refractivity contribution in [2.45, 2.75) is 25.0 Å². The van der Waals surface area contributed by atoms with Gasteiger partial charge in [0.25, 0.3) is 0 Å². The van der Waals surface area contributed by atoms with E-state index in [1.54, 1.807) is 4.90 Å². The Morgan fingerprint density at radius 1 is 0.893 bits per heavy atom. The molecule has 0 unspecified atom stereocenters. The molecule has 4 heteroatoms. The fraction of sp³-hybridized carbons (Fsp3) is 0.208. The summed E-state index contributed by atoms with van der Waals surface area (Å²) in [7, 11) is 0. The Bertz CT molecular complexity index is 906. The van der Waals surface area contributed by atoms with E-state index in [0.29, 0.717) is 6.54 Å². The molecule has 1 aliphatic carbocycles. The van der Waals surface area contributed by atoms with Crippen LogP contribution in [0.15, 0.2) is 84.9 Å². The van der Waals surface area contributed by atoms with Crippen molar-refractivity contribution in [2.75, 3.05) is 11.9 Å². The van der Waals surface area contributed by atoms with Crippen molar-refractivity contribution in [2.24, 2.45) is 0 Å². The number of carbonyl (C=O) groups excluding carboxylic acids is 1. The second-order valence-corrected chi connectivity index (χ2v) is 7.18. The van der Waals surface area contributed by atoms with E-state index < -0.39 is 6.10 Å². The molecule has 0 aromatic heterocycles. The van der Waals surface area contributed by atoms with Gasteiger partial charge in [0.05, 0.1) is 12.6 Å². The molecule has 0 aliphatic heterocycles. The van der Waals surface area contributed by atoms with Gasteiger partial charge in [-0.1, -0.05) is 72.8 Å². The second kappa shape index (κ2) is 8.28. The predicted molar refractivity (Wildman–Crippen MR) is 112 cm³/mol. The van der Waals surface area contributed by atoms with Gasteiger partial charge in [-0.15, -0.1) is 0 Å². The lowest BCUT2D eigenvalue weighted by Gasteiger charge is -2.25. The molecular formula is C24H24N2O2. The predicted octanol–water partition coefficient (Wildman–Crippen LogP) is 5.08. The number of anilines is 1. The van der Waals surface area contributed by atoms with Crippen molar-refractivity contribution >= 4 is 11.7 Å². The van der Waals surface area contributed by atoms with Crippen LogP contribution in [-0.4, -0.2) is 28.6 Å². The highest BCUT2D eigenvalue weighted by Crippen LogP contribution is 2.30. The molecule has 2 amide bonds. The summed E-state index contributed by atoms with van der Waals surface area (Å²) in [6, 6.07) is 27.5. The van der Waals surface area contributed by atoms with E-state index in [9.17, 15) is 9.90 Å². The van der Waals surface area contributed by atoms with Crippen LogP contribution in [0.25, 0.3) is 11.1 Å². The van der Waals surface area contributed by atoms with Crippen LogP contribution in [-0.2, 0) is 0 Å². The maximum absolute atomic E-state index is 12.8. The van der Waals surface area contributed by atoms with E-state index in [1.165, 1.54) is 0 Å². The van der Waals surface area contributed by atoms with Gasteiger partial charge in [0.1, 0.15) is 0 Å². The molecule has 4 rings (SSSR count). The van der Waals surface area contributed by atoms with Gasteiger partial charge in [-0.2, -0.15) is 0 Å². The number of carbonyl (C=O) groups is 1. The highest BCUT2D eigenvalue weighted by Gasteiger charge is 2.34. The summed E-state index contributed by atoms with van der Waals surface area (Å²) >= 11 is 0. The molecule has 3 aromatic rings. The topological polar surface area (TPSA) is 52.6 Å². The molecule has 0 radical (unpaired) electrons. The van der Waals surface area contributed by atoms with Gasteiger partial charge >= 0.3 is 6.03 Å². The van der Waals surface area contributed by atoms with Gasteiger partial charge in [0.2, 0.25) is 0 Å². The number of aliphatic hydroxyl groups excluding tert-OH is 1. The van der Waals surface area contributed by atoms with Crippen LogP contribution in [0.1, 0.15) is 24.5 Å². The zero-order valence-electron chi connectivity index (χ0n) is 15.7. The number of urea groups is 1. The van der Waals surface area contributed by atoms with Crippen LogP contribution >= 0.6 is 0 Å². The largest absolute Gasteiger partial charge is 0.387 e. The molecule has 142 valence electrons. The summed E-state index contributed by atoms with van der Waals surface area (Å²) in [6.45, 7) is 0.294. The Kier molecular flexibility index (Phi) is 5.40. The van der Waals surface area contributed by atoms with Crippen molar-refractivity contribution in [3.8, 4) is 11.1 Å². The molecule has 1 saturated carbocycles. The third-order valence-corrected chi connectivity index (χ3v) is 5.05. The van der Waals surface area contributed by atoms with Crippen LogP contribution in [0, 0.1) is 0 Å². The first-order chi connectivity index (χ1) is 13.7. The van der Waals surface area contributed by atoms with E-state index in [-0.39, 0.29) is 12.1 Å². The zero-order valence-corrected chi connectivity index (χ0v) is 15.7. The lowest BCUT2D eigenvalue weighted by atomic mass is 10.1. The molecule has 1 fully saturated rings. The minimum absolute atomic E-state index is 0.162. The molecule has 28 heavy (non-hydrogen) atoms. The number of rotatable bonds is 6. The maximum Gasteiger partial charge on any atom is 0.322 e. The fourth-order valence-electron chi connectivity index (χ4n) is 3.32. The summed E-state index contributed by atoms with van der Waals surface area (Å²) in [5.74, 6) is 0. The second-order valence-electron chi connectivity index (χ2n) is 7.18. The lowest BCUT2D eigenvalue weighted by molar-refractivity contribution is 0.123. The minimum atomic E-state index is -0.687. The van der Waals surface area contributed by atoms with Crippen LogP contribution in [0.4, 0.5) is 10.5 Å². The molecule has 1 atom stereocenters. The fourth-order valence-corrected chi connectivity index (χ4v) is 3.32. The number of hydrogen-bond donors (Lipinski definition) is 2. The third-order valence-electron chi connectivity index (χ3n) is 5.05. The van der Waals surface area contributed by atoms with Crippen molar-refractivity contribution in [3.63, 3.8) is 0 Å². The normalized spacial score (nSPS) is 14.3. The number of aliphatic hydroxyl groups is 1. The van der Waals surface area contributed by atoms with E-state index in [4.69, 9.17) is 0 Å². The van der Waals surface area contributed by atoms with E-state index in [1.807, 2.05) is 72.8 Å². The molecule has 3 aromatic carbocycles. The van der Waals surface area contributed by atoms with Crippen LogP contribution in [0.2, 0.25) is 0 Å². The molecule has 2 N–H and O–H groups in total. The summed E-state index contributed by atoms with van der Waals surface area (Å²) in [6.07, 6.45) is 1.29. The third kappa shape index (κ3) is 4.41. The van der Waals surface area contributed by atoms with E-state index >= 15 is 0 Å². The van der Waals surface area contributed by atoms with Crippen LogP contribution in [0.3, 0.4) is 0 Å². The Balaban J connectivity index is 1.42. The van der Waals surface area contributed by atoms with Crippen molar-refractivity contribution in [3.05, 3.63) is 90.5 Å². The first-order valence-electron chi connectivity index (χ1n) is 9.67. The minimum Gasteiger partial charge on any atom is -0.387 e. The number of nitrogens with one attached hydrogen (secondary N) is 1. The molecule has 0 spiro atoms. The average Bonchev–Trinajstić information content (AvgIpc) is 3.59. The molecular weight excluding hydrogens is 348 g/mol. The molecule has 0 bridgehead atoms. The summed E-state index contributed by atoms with van der Waals surface area (Å²) in [5, 5.41) is 13.5. The average molecular weight is 372 g/mol. The highest BCUT2D eigenvalue weighted by atomic mass is 16.3. The standard InChI is InChI=1S/C24H24N2O2/c27-23(20-9-5-2-6-10-20)17-26(22-15-16-22)24(28)25-21-13-11-19(12-14-21)18-7-3-1-4-8-18/h1-14,22-23,27H,15-17H2,(H,25,28)/t23-/m1/s1. The Morgan fingerprint density at radius 3 is 2.07 bits per heavy atom. The highest BCUT2D eigenvalue weighted by molar-refractivity contribution is 5.90. The van der Waals surface area contributed by atoms with E-state index in [0.717, 1.165) is 35.2 Å². The smallest absolute Gasteiger partial charge is 0.322 e. The number of benzene rings is 3. The number of amides is 2. The summed E-state index contributed by atoms with van der Waals surface area (Å²) in [5.41, 5.74) is 3.83. The van der Waals surface area contributed by atoms with Crippen molar-refractivity contribution in [1.29, 1.82) is 0 Å². The number of hydrogen-bond acceptors (Lipinski definition) is 2. The van der Waals surface area contributed by atoms with Crippen molar-refractivity contribution < 1.29 is 9.90 Å². The molecule has 0 saturated heterocycles. The number of nitrogens with zero attached hydrogens (tertiary/aromatic N) is 1. The first-order valence-corrected chi connectivity index (χ1v) is 9.67. The van der Waals surface area contributed by atoms with Gasteiger partial charge < -0.3 is 15.3 Å². The molecule has 0 heterocycles. The van der Waals surface area contributed by atoms with Gasteiger partial charge in [0, 0.05) is 11.7 Å². The van der Waals surface area contributed by atoms with Gasteiger partial charge in [0.15, 0.2) is 0 Å². The Morgan fingerprint density at radius 2 is 1.46 bits per heavy atom. The SMILES string of the molecule is O=C(Nc1ccc(-c2ccccc2)cc1)N(C[C@@H](O)c1ccccc1)C1CC1. The first kappa shape index (κ1) is 18.3. The van der Waals surface area contributed by atoms with E-state index in [2.05, 4.69) is 17.4 Å². The lowest BCUT2D eigenvalue weighted by Crippen LogP contribution is -2.39. The maximum atomic E-state index is 12.8. The molecule has 1 aliphatic rings. The van der Waals surface area contributed by atoms with Gasteiger partial charge in [-0.05, 0) is 41.7 Å². The summed E-state index contributed by atoms with van der Waals surface area (Å²) < 4.78 is 0. The van der Waals surface area contributed by atoms with Crippen LogP contribution < -0.4 is 5.32 Å². The van der Waals surface area contributed by atoms with Crippen molar-refractivity contribution in [1.82, 2.24) is 4.90 Å². The Hall–Kier alpha value is -3.11. The van der Waals surface area contributed by atoms with Gasteiger partial charge in [-0.3, -0.25) is 0 Å². The molecule has 4 nitrogen and oxygen atoms in total. The zero-order chi connectivity index (χ0) is 19.3. The van der Waals surface area contributed by atoms with Gasteiger partial charge in [-0.25, -0.2) is 4.79 Å². The summed E-state index contributed by atoms with van der Waals surface area (Å²) in [4.78, 5) is 14.6. The monoisotopic (exact) mass is 372 g/mol. The van der Waals surface area contributed by atoms with Crippen LogP contribution in [0.5, 0.6) is 0 Å². The quantitative estimate of drug-likeness (QED) is 0.634.